The zero-order valence-corrected chi connectivity index (χ0v) is 12.8. The van der Waals surface area contributed by atoms with Gasteiger partial charge in [-0.25, -0.2) is 0 Å². The van der Waals surface area contributed by atoms with Crippen molar-refractivity contribution in [1.29, 1.82) is 5.26 Å². The van der Waals surface area contributed by atoms with E-state index >= 15 is 0 Å². The van der Waals surface area contributed by atoms with E-state index in [9.17, 15) is 4.79 Å². The van der Waals surface area contributed by atoms with Gasteiger partial charge >= 0.3 is 0 Å². The fraction of sp³-hybridized carbons (Fsp3) is 0.529. The smallest absolute Gasteiger partial charge is 0.224 e. The fourth-order valence-corrected chi connectivity index (χ4v) is 2.54. The maximum Gasteiger partial charge on any atom is 0.224 e. The van der Waals surface area contributed by atoms with Crippen LogP contribution in [0.4, 0.5) is 5.69 Å². The summed E-state index contributed by atoms with van der Waals surface area (Å²) in [7, 11) is 2.12. The topological polar surface area (TPSA) is 56.1 Å². The van der Waals surface area contributed by atoms with Crippen molar-refractivity contribution in [3.05, 3.63) is 29.8 Å². The van der Waals surface area contributed by atoms with Crippen LogP contribution in [0.25, 0.3) is 0 Å². The number of nitrogens with one attached hydrogen (secondary N) is 1. The molecule has 0 aliphatic heterocycles. The first-order valence-electron chi connectivity index (χ1n) is 7.57. The minimum atomic E-state index is 0.0123. The molecular formula is C17H23N3O. The maximum absolute atomic E-state index is 11.9. The van der Waals surface area contributed by atoms with Crippen LogP contribution in [-0.4, -0.2) is 30.9 Å². The van der Waals surface area contributed by atoms with Gasteiger partial charge in [-0.1, -0.05) is 13.0 Å². The molecule has 1 amide bonds. The van der Waals surface area contributed by atoms with Crippen molar-refractivity contribution in [3.8, 4) is 6.07 Å². The maximum atomic E-state index is 11.9. The lowest BCUT2D eigenvalue weighted by Crippen LogP contribution is -2.24. The Hall–Kier alpha value is -1.86. The number of amides is 1. The molecule has 2 atom stereocenters. The lowest BCUT2D eigenvalue weighted by atomic mass is 10.2. The van der Waals surface area contributed by atoms with E-state index in [1.54, 1.807) is 24.3 Å². The van der Waals surface area contributed by atoms with Gasteiger partial charge in [0.15, 0.2) is 0 Å². The van der Waals surface area contributed by atoms with Crippen molar-refractivity contribution in [3.63, 3.8) is 0 Å². The molecule has 1 N–H and O–H groups in total. The van der Waals surface area contributed by atoms with Crippen LogP contribution >= 0.6 is 0 Å². The highest BCUT2D eigenvalue weighted by molar-refractivity contribution is 5.90. The van der Waals surface area contributed by atoms with Crippen molar-refractivity contribution in [2.75, 3.05) is 25.5 Å². The van der Waals surface area contributed by atoms with E-state index in [0.29, 0.717) is 17.7 Å². The van der Waals surface area contributed by atoms with Crippen molar-refractivity contribution in [2.45, 2.75) is 26.2 Å². The summed E-state index contributed by atoms with van der Waals surface area (Å²) in [6, 6.07) is 9.07. The predicted octanol–water partition coefficient (Wildman–Crippen LogP) is 2.86. The van der Waals surface area contributed by atoms with Crippen molar-refractivity contribution >= 4 is 11.6 Å². The minimum Gasteiger partial charge on any atom is -0.326 e. The van der Waals surface area contributed by atoms with Crippen molar-refractivity contribution in [1.82, 2.24) is 4.90 Å². The first-order chi connectivity index (χ1) is 10.1. The van der Waals surface area contributed by atoms with E-state index in [4.69, 9.17) is 5.26 Å². The molecule has 1 fully saturated rings. The minimum absolute atomic E-state index is 0.0123. The van der Waals surface area contributed by atoms with Gasteiger partial charge in [-0.05, 0) is 56.5 Å². The van der Waals surface area contributed by atoms with Crippen LogP contribution in [0.1, 0.15) is 31.7 Å². The fourth-order valence-electron chi connectivity index (χ4n) is 2.54. The van der Waals surface area contributed by atoms with Crippen LogP contribution < -0.4 is 5.32 Å². The molecule has 1 aromatic rings. The zero-order valence-electron chi connectivity index (χ0n) is 12.8. The molecule has 0 aromatic heterocycles. The Bertz CT molecular complexity index is 535. The van der Waals surface area contributed by atoms with E-state index in [0.717, 1.165) is 31.3 Å². The number of carbonyl (C=O) groups excluding carboxylic acids is 1. The van der Waals surface area contributed by atoms with Crippen LogP contribution in [0, 0.1) is 23.2 Å². The third-order valence-electron chi connectivity index (χ3n) is 4.04. The quantitative estimate of drug-likeness (QED) is 0.838. The molecule has 1 aliphatic rings. The highest BCUT2D eigenvalue weighted by Crippen LogP contribution is 2.37. The number of carbonyl (C=O) groups is 1. The standard InChI is InChI=1S/C17H23N3O/c1-13-9-15(13)12-20(2)8-4-7-17(21)19-16-6-3-5-14(10-16)11-18/h3,5-6,10,13,15H,4,7-9,12H2,1-2H3,(H,19,21). The molecule has 4 nitrogen and oxygen atoms in total. The van der Waals surface area contributed by atoms with Crippen molar-refractivity contribution in [2.24, 2.45) is 11.8 Å². The van der Waals surface area contributed by atoms with Gasteiger partial charge in [0, 0.05) is 18.7 Å². The van der Waals surface area contributed by atoms with Gasteiger partial charge in [0.05, 0.1) is 11.6 Å². The summed E-state index contributed by atoms with van der Waals surface area (Å²) >= 11 is 0. The van der Waals surface area contributed by atoms with Crippen LogP contribution in [0.2, 0.25) is 0 Å². The molecule has 4 heteroatoms. The van der Waals surface area contributed by atoms with E-state index in [2.05, 4.69) is 30.3 Å². The van der Waals surface area contributed by atoms with Gasteiger partial charge in [0.2, 0.25) is 5.91 Å². The van der Waals surface area contributed by atoms with E-state index in [-0.39, 0.29) is 5.91 Å². The molecule has 21 heavy (non-hydrogen) atoms. The normalized spacial score (nSPS) is 20.1. The number of hydrogen-bond acceptors (Lipinski definition) is 3. The van der Waals surface area contributed by atoms with Gasteiger partial charge in [-0.3, -0.25) is 4.79 Å². The summed E-state index contributed by atoms with van der Waals surface area (Å²) in [5, 5.41) is 11.7. The van der Waals surface area contributed by atoms with Gasteiger partial charge in [0.1, 0.15) is 0 Å². The highest BCUT2D eigenvalue weighted by Gasteiger charge is 2.32. The summed E-state index contributed by atoms with van der Waals surface area (Å²) in [5.74, 6) is 1.75. The Kier molecular flexibility index (Phi) is 5.35. The lowest BCUT2D eigenvalue weighted by molar-refractivity contribution is -0.116. The number of nitriles is 1. The van der Waals surface area contributed by atoms with Crippen molar-refractivity contribution < 1.29 is 4.79 Å². The average molecular weight is 285 g/mol. The molecule has 0 radical (unpaired) electrons. The Morgan fingerprint density at radius 3 is 2.95 bits per heavy atom. The third-order valence-corrected chi connectivity index (χ3v) is 4.04. The third kappa shape index (κ3) is 5.20. The average Bonchev–Trinajstić information content (AvgIpc) is 3.14. The molecule has 0 saturated heterocycles. The number of nitrogens with zero attached hydrogens (tertiary/aromatic N) is 2. The largest absolute Gasteiger partial charge is 0.326 e. The van der Waals surface area contributed by atoms with E-state index in [1.165, 1.54) is 6.42 Å². The predicted molar refractivity (Wildman–Crippen MR) is 83.8 cm³/mol. The van der Waals surface area contributed by atoms with Gasteiger partial charge in [-0.15, -0.1) is 0 Å². The number of anilines is 1. The molecular weight excluding hydrogens is 262 g/mol. The molecule has 0 heterocycles. The lowest BCUT2D eigenvalue weighted by Gasteiger charge is -2.16. The second kappa shape index (κ2) is 7.24. The second-order valence-electron chi connectivity index (χ2n) is 6.08. The Labute approximate surface area is 126 Å². The summed E-state index contributed by atoms with van der Waals surface area (Å²) in [6.45, 7) is 4.39. The summed E-state index contributed by atoms with van der Waals surface area (Å²) in [4.78, 5) is 14.2. The number of benzene rings is 1. The first-order valence-corrected chi connectivity index (χ1v) is 7.57. The van der Waals surface area contributed by atoms with Crippen LogP contribution in [0.15, 0.2) is 24.3 Å². The molecule has 2 rings (SSSR count). The SMILES string of the molecule is CC1CC1CN(C)CCCC(=O)Nc1cccc(C#N)c1. The summed E-state index contributed by atoms with van der Waals surface area (Å²) in [5.41, 5.74) is 1.25. The Balaban J connectivity index is 1.66. The van der Waals surface area contributed by atoms with Crippen LogP contribution in [0.3, 0.4) is 0 Å². The first kappa shape index (κ1) is 15.5. The molecule has 1 aromatic carbocycles. The van der Waals surface area contributed by atoms with Crippen LogP contribution in [0.5, 0.6) is 0 Å². The molecule has 1 aliphatic carbocycles. The van der Waals surface area contributed by atoms with Gasteiger partial charge in [0.25, 0.3) is 0 Å². The number of rotatable bonds is 7. The monoisotopic (exact) mass is 285 g/mol. The summed E-state index contributed by atoms with van der Waals surface area (Å²) < 4.78 is 0. The van der Waals surface area contributed by atoms with Gasteiger partial charge in [-0.2, -0.15) is 5.26 Å². The molecule has 112 valence electrons. The molecule has 2 unspecified atom stereocenters. The van der Waals surface area contributed by atoms with E-state index < -0.39 is 0 Å². The highest BCUT2D eigenvalue weighted by atomic mass is 16.1. The molecule has 0 bridgehead atoms. The zero-order chi connectivity index (χ0) is 15.2. The second-order valence-corrected chi connectivity index (χ2v) is 6.08. The molecule has 1 saturated carbocycles. The number of hydrogen-bond donors (Lipinski definition) is 1. The van der Waals surface area contributed by atoms with Crippen LogP contribution in [-0.2, 0) is 4.79 Å². The summed E-state index contributed by atoms with van der Waals surface area (Å²) in [6.07, 6.45) is 2.72. The van der Waals surface area contributed by atoms with E-state index in [1.807, 2.05) is 0 Å². The Morgan fingerprint density at radius 1 is 1.52 bits per heavy atom. The molecule has 0 spiro atoms. The van der Waals surface area contributed by atoms with Gasteiger partial charge < -0.3 is 10.2 Å². The Morgan fingerprint density at radius 2 is 2.29 bits per heavy atom.